The molecule has 0 radical (unpaired) electrons. The van der Waals surface area contributed by atoms with Gasteiger partial charge in [0.25, 0.3) is 0 Å². The van der Waals surface area contributed by atoms with E-state index in [4.69, 9.17) is 0 Å². The van der Waals surface area contributed by atoms with Crippen LogP contribution in [-0.4, -0.2) is 33.8 Å². The van der Waals surface area contributed by atoms with Gasteiger partial charge in [-0.15, -0.1) is 0 Å². The Morgan fingerprint density at radius 3 is 2.33 bits per heavy atom. The summed E-state index contributed by atoms with van der Waals surface area (Å²) < 4.78 is 0. The highest BCUT2D eigenvalue weighted by atomic mass is 16.3. The van der Waals surface area contributed by atoms with Crippen LogP contribution in [-0.2, 0) is 30.8 Å². The normalized spacial score (nSPS) is 12.8. The van der Waals surface area contributed by atoms with Crippen LogP contribution in [0.5, 0.6) is 5.75 Å². The Balaban J connectivity index is 1.42. The maximum Gasteiger partial charge on any atom is 0.224 e. The molecule has 0 spiro atoms. The average Bonchev–Trinajstić information content (AvgIpc) is 2.83. The van der Waals surface area contributed by atoms with Crippen molar-refractivity contribution in [1.82, 2.24) is 10.6 Å². The predicted octanol–water partition coefficient (Wildman–Crippen LogP) is 3.00. The van der Waals surface area contributed by atoms with Crippen LogP contribution < -0.4 is 10.6 Å². The number of hydrogen-bond donors (Lipinski definition) is 5. The van der Waals surface area contributed by atoms with E-state index in [9.17, 15) is 20.1 Å². The summed E-state index contributed by atoms with van der Waals surface area (Å²) in [6, 6.07) is 22.7. The molecule has 0 fully saturated rings. The quantitative estimate of drug-likeness (QED) is 0.310. The Morgan fingerprint density at radius 2 is 1.64 bits per heavy atom. The van der Waals surface area contributed by atoms with Crippen molar-refractivity contribution in [3.8, 4) is 5.75 Å². The number of phenols is 1. The van der Waals surface area contributed by atoms with Crippen molar-refractivity contribution in [3.05, 3.63) is 101 Å². The number of hydrogen-bond acceptors (Lipinski definition) is 5. The molecule has 0 saturated carbocycles. The minimum Gasteiger partial charge on any atom is -0.508 e. The molecular weight excluding hydrogens is 416 g/mol. The van der Waals surface area contributed by atoms with Crippen molar-refractivity contribution in [2.24, 2.45) is 0 Å². The Labute approximate surface area is 194 Å². The summed E-state index contributed by atoms with van der Waals surface area (Å²) in [6.07, 6.45) is 0.385. The highest BCUT2D eigenvalue weighted by Crippen LogP contribution is 2.22. The van der Waals surface area contributed by atoms with E-state index in [0.29, 0.717) is 30.6 Å². The van der Waals surface area contributed by atoms with Crippen LogP contribution in [0.15, 0.2) is 72.8 Å². The molecule has 6 heteroatoms. The molecule has 0 aliphatic heterocycles. The molecule has 174 valence electrons. The number of rotatable bonds is 11. The lowest BCUT2D eigenvalue weighted by Crippen LogP contribution is -2.32. The first-order chi connectivity index (χ1) is 15.9. The second-order valence-electron chi connectivity index (χ2n) is 8.33. The molecule has 0 heterocycles. The van der Waals surface area contributed by atoms with Gasteiger partial charge in [-0.05, 0) is 47.7 Å². The van der Waals surface area contributed by atoms with Gasteiger partial charge in [-0.25, -0.2) is 0 Å². The smallest absolute Gasteiger partial charge is 0.224 e. The third-order valence-electron chi connectivity index (χ3n) is 5.58. The van der Waals surface area contributed by atoms with Crippen molar-refractivity contribution >= 4 is 5.91 Å². The van der Waals surface area contributed by atoms with Crippen molar-refractivity contribution in [1.29, 1.82) is 0 Å². The van der Waals surface area contributed by atoms with Crippen LogP contribution in [0.1, 0.15) is 40.8 Å². The van der Waals surface area contributed by atoms with Gasteiger partial charge in [0, 0.05) is 24.7 Å². The van der Waals surface area contributed by atoms with Crippen molar-refractivity contribution in [3.63, 3.8) is 0 Å². The number of carbonyl (C=O) groups is 1. The molecule has 3 aromatic rings. The Hall–Kier alpha value is -3.19. The Bertz CT molecular complexity index is 1020. The van der Waals surface area contributed by atoms with Gasteiger partial charge < -0.3 is 26.0 Å². The fourth-order valence-electron chi connectivity index (χ4n) is 3.63. The average molecular weight is 449 g/mol. The lowest BCUT2D eigenvalue weighted by molar-refractivity contribution is -0.120. The minimum absolute atomic E-state index is 0.00536. The Morgan fingerprint density at radius 1 is 0.939 bits per heavy atom. The summed E-state index contributed by atoms with van der Waals surface area (Å²) in [6.45, 7) is 2.66. The van der Waals surface area contributed by atoms with E-state index < -0.39 is 6.10 Å². The van der Waals surface area contributed by atoms with Gasteiger partial charge in [-0.1, -0.05) is 60.7 Å². The summed E-state index contributed by atoms with van der Waals surface area (Å²) in [4.78, 5) is 12.2. The van der Waals surface area contributed by atoms with Crippen LogP contribution in [0.4, 0.5) is 0 Å². The summed E-state index contributed by atoms with van der Waals surface area (Å²) in [7, 11) is 0. The Kier molecular flexibility index (Phi) is 9.01. The first kappa shape index (κ1) is 24.5. The van der Waals surface area contributed by atoms with Crippen LogP contribution in [0.25, 0.3) is 0 Å². The molecule has 33 heavy (non-hydrogen) atoms. The lowest BCUT2D eigenvalue weighted by Gasteiger charge is -2.18. The lowest BCUT2D eigenvalue weighted by atomic mass is 10.0. The molecule has 0 aliphatic rings. The fraction of sp³-hybridized carbons (Fsp3) is 0.296. The highest BCUT2D eigenvalue weighted by molar-refractivity contribution is 5.78. The zero-order valence-corrected chi connectivity index (χ0v) is 18.9. The van der Waals surface area contributed by atoms with E-state index in [-0.39, 0.29) is 24.3 Å². The topological polar surface area (TPSA) is 102 Å². The molecule has 0 aromatic heterocycles. The van der Waals surface area contributed by atoms with Crippen LogP contribution >= 0.6 is 0 Å². The minimum atomic E-state index is -0.741. The zero-order valence-electron chi connectivity index (χ0n) is 18.9. The molecule has 5 N–H and O–H groups in total. The van der Waals surface area contributed by atoms with E-state index in [1.807, 2.05) is 61.5 Å². The number of benzene rings is 3. The van der Waals surface area contributed by atoms with Gasteiger partial charge in [0.15, 0.2) is 0 Å². The van der Waals surface area contributed by atoms with E-state index in [1.165, 1.54) is 6.07 Å². The van der Waals surface area contributed by atoms with E-state index in [0.717, 1.165) is 23.1 Å². The molecule has 0 aliphatic carbocycles. The summed E-state index contributed by atoms with van der Waals surface area (Å²) in [5, 5.41) is 35.6. The van der Waals surface area contributed by atoms with Crippen LogP contribution in [0.3, 0.4) is 0 Å². The second-order valence-corrected chi connectivity index (χ2v) is 8.33. The van der Waals surface area contributed by atoms with E-state index >= 15 is 0 Å². The molecule has 3 rings (SSSR count). The third kappa shape index (κ3) is 7.71. The molecule has 2 atom stereocenters. The molecule has 0 bridgehead atoms. The van der Waals surface area contributed by atoms with E-state index in [2.05, 4.69) is 10.6 Å². The molecule has 1 amide bonds. The summed E-state index contributed by atoms with van der Waals surface area (Å²) in [5.41, 5.74) is 4.23. The second kappa shape index (κ2) is 12.2. The van der Waals surface area contributed by atoms with Gasteiger partial charge in [0.1, 0.15) is 5.75 Å². The summed E-state index contributed by atoms with van der Waals surface area (Å²) in [5.74, 6) is 0.0149. The number of carbonyl (C=O) groups excluding carboxylic acids is 1. The molecule has 0 saturated heterocycles. The number of amides is 1. The molecule has 6 nitrogen and oxygen atoms in total. The van der Waals surface area contributed by atoms with Gasteiger partial charge >= 0.3 is 0 Å². The standard InChI is InChI=1S/C27H32N2O4/c1-19(28-17-26(32)23-11-12-25(31)24(15-23)18-30)13-20-7-9-21(10-8-20)14-27(33)29-16-22-5-3-2-4-6-22/h2-12,15,19,26,28,30-32H,13-14,16-18H2,1H3,(H,29,33)/t19-,26+/m1/s1. The molecule has 0 unspecified atom stereocenters. The number of nitrogens with one attached hydrogen (secondary N) is 2. The first-order valence-electron chi connectivity index (χ1n) is 11.2. The van der Waals surface area contributed by atoms with Crippen molar-refractivity contribution in [2.45, 2.75) is 45.1 Å². The van der Waals surface area contributed by atoms with Gasteiger partial charge in [0.05, 0.1) is 19.1 Å². The van der Waals surface area contributed by atoms with Crippen LogP contribution in [0, 0.1) is 0 Å². The fourth-order valence-corrected chi connectivity index (χ4v) is 3.63. The molecule has 3 aromatic carbocycles. The first-order valence-corrected chi connectivity index (χ1v) is 11.2. The van der Waals surface area contributed by atoms with Crippen molar-refractivity contribution < 1.29 is 20.1 Å². The maximum absolute atomic E-state index is 12.2. The number of aliphatic hydroxyl groups excluding tert-OH is 2. The summed E-state index contributed by atoms with van der Waals surface area (Å²) >= 11 is 0. The maximum atomic E-state index is 12.2. The largest absolute Gasteiger partial charge is 0.508 e. The SMILES string of the molecule is C[C@H](Cc1ccc(CC(=O)NCc2ccccc2)cc1)NC[C@H](O)c1ccc(O)c(CO)c1. The van der Waals surface area contributed by atoms with Gasteiger partial charge in [0.2, 0.25) is 5.91 Å². The van der Waals surface area contributed by atoms with E-state index in [1.54, 1.807) is 12.1 Å². The zero-order chi connectivity index (χ0) is 23.6. The molecular formula is C27H32N2O4. The number of aromatic hydroxyl groups is 1. The highest BCUT2D eigenvalue weighted by Gasteiger charge is 2.12. The van der Waals surface area contributed by atoms with Gasteiger partial charge in [-0.3, -0.25) is 4.79 Å². The van der Waals surface area contributed by atoms with Gasteiger partial charge in [-0.2, -0.15) is 0 Å². The third-order valence-corrected chi connectivity index (χ3v) is 5.58. The van der Waals surface area contributed by atoms with Crippen LogP contribution in [0.2, 0.25) is 0 Å². The number of aliphatic hydroxyl groups is 2. The predicted molar refractivity (Wildman–Crippen MR) is 129 cm³/mol. The van der Waals surface area contributed by atoms with Crippen molar-refractivity contribution in [2.75, 3.05) is 6.54 Å². The monoisotopic (exact) mass is 448 g/mol.